The van der Waals surface area contributed by atoms with E-state index in [9.17, 15) is 4.79 Å². The zero-order valence-electron chi connectivity index (χ0n) is 13.2. The number of benzene rings is 2. The normalized spacial score (nSPS) is 10.3. The smallest absolute Gasteiger partial charge is 0.318 e. The quantitative estimate of drug-likeness (QED) is 0.840. The van der Waals surface area contributed by atoms with Crippen LogP contribution in [0.4, 0.5) is 4.79 Å². The Hall–Kier alpha value is -2.04. The molecule has 2 rings (SSSR count). The third-order valence-electron chi connectivity index (χ3n) is 3.46. The van der Waals surface area contributed by atoms with Crippen molar-refractivity contribution in [3.8, 4) is 0 Å². The minimum Gasteiger partial charge on any atom is -0.383 e. The fraction of sp³-hybridized carbons (Fsp3) is 0.278. The van der Waals surface area contributed by atoms with Gasteiger partial charge in [-0.3, -0.25) is 0 Å². The lowest BCUT2D eigenvalue weighted by atomic mass is 10.2. The number of nitrogens with zero attached hydrogens (tertiary/aromatic N) is 1. The van der Waals surface area contributed by atoms with Gasteiger partial charge < -0.3 is 15.0 Å². The second-order valence-corrected chi connectivity index (χ2v) is 5.56. The summed E-state index contributed by atoms with van der Waals surface area (Å²) in [5, 5.41) is 3.57. The monoisotopic (exact) mass is 332 g/mol. The molecule has 0 radical (unpaired) electrons. The van der Waals surface area contributed by atoms with Gasteiger partial charge in [-0.25, -0.2) is 4.79 Å². The molecule has 0 heterocycles. The van der Waals surface area contributed by atoms with Crippen molar-refractivity contribution in [2.45, 2.75) is 13.1 Å². The number of ether oxygens (including phenoxy) is 1. The molecule has 2 amide bonds. The molecule has 2 aromatic rings. The molecule has 2 aromatic carbocycles. The van der Waals surface area contributed by atoms with E-state index in [1.165, 1.54) is 0 Å². The van der Waals surface area contributed by atoms with Crippen LogP contribution in [0.5, 0.6) is 0 Å². The topological polar surface area (TPSA) is 41.6 Å². The summed E-state index contributed by atoms with van der Waals surface area (Å²) in [6.07, 6.45) is 0. The maximum Gasteiger partial charge on any atom is 0.318 e. The van der Waals surface area contributed by atoms with Crippen LogP contribution in [0.2, 0.25) is 5.02 Å². The van der Waals surface area contributed by atoms with Crippen molar-refractivity contribution in [3.05, 3.63) is 70.7 Å². The molecule has 0 atom stereocenters. The van der Waals surface area contributed by atoms with Crippen molar-refractivity contribution >= 4 is 17.6 Å². The van der Waals surface area contributed by atoms with E-state index in [4.69, 9.17) is 16.3 Å². The minimum atomic E-state index is -0.133. The highest BCUT2D eigenvalue weighted by Gasteiger charge is 2.13. The Labute approximate surface area is 142 Å². The lowest BCUT2D eigenvalue weighted by molar-refractivity contribution is 0.146. The molecule has 0 fully saturated rings. The van der Waals surface area contributed by atoms with Gasteiger partial charge in [0.25, 0.3) is 0 Å². The molecule has 23 heavy (non-hydrogen) atoms. The fourth-order valence-corrected chi connectivity index (χ4v) is 2.38. The Morgan fingerprint density at radius 3 is 2.52 bits per heavy atom. The van der Waals surface area contributed by atoms with Gasteiger partial charge in [-0.2, -0.15) is 0 Å². The number of hydrogen-bond donors (Lipinski definition) is 1. The molecule has 122 valence electrons. The second kappa shape index (κ2) is 9.18. The zero-order valence-corrected chi connectivity index (χ0v) is 13.9. The van der Waals surface area contributed by atoms with Crippen LogP contribution in [-0.4, -0.2) is 31.2 Å². The van der Waals surface area contributed by atoms with Gasteiger partial charge in [0, 0.05) is 31.8 Å². The Morgan fingerprint density at radius 2 is 1.83 bits per heavy atom. The van der Waals surface area contributed by atoms with Crippen LogP contribution in [0, 0.1) is 0 Å². The number of carbonyl (C=O) groups excluding carboxylic acids is 1. The molecule has 0 unspecified atom stereocenters. The summed E-state index contributed by atoms with van der Waals surface area (Å²) in [6, 6.07) is 17.2. The fourth-order valence-electron chi connectivity index (χ4n) is 2.18. The van der Waals surface area contributed by atoms with Crippen LogP contribution in [0.1, 0.15) is 11.1 Å². The van der Waals surface area contributed by atoms with Gasteiger partial charge in [-0.15, -0.1) is 0 Å². The van der Waals surface area contributed by atoms with E-state index in [0.717, 1.165) is 11.1 Å². The van der Waals surface area contributed by atoms with E-state index in [1.54, 1.807) is 12.0 Å². The standard InChI is InChI=1S/C18H21ClN2O2/c1-23-12-11-21(14-15-7-3-2-4-8-15)18(22)20-13-16-9-5-6-10-17(16)19/h2-10H,11-14H2,1H3,(H,20,22). The van der Waals surface area contributed by atoms with Crippen molar-refractivity contribution in [1.29, 1.82) is 0 Å². The van der Waals surface area contributed by atoms with Gasteiger partial charge in [0.1, 0.15) is 0 Å². The largest absolute Gasteiger partial charge is 0.383 e. The molecule has 0 saturated carbocycles. The van der Waals surface area contributed by atoms with Crippen LogP contribution >= 0.6 is 11.6 Å². The molecule has 4 nitrogen and oxygen atoms in total. The maximum atomic E-state index is 12.5. The van der Waals surface area contributed by atoms with Gasteiger partial charge in [0.2, 0.25) is 0 Å². The summed E-state index contributed by atoms with van der Waals surface area (Å²) in [4.78, 5) is 14.2. The zero-order chi connectivity index (χ0) is 16.5. The molecular formula is C18H21ClN2O2. The van der Waals surface area contributed by atoms with Crippen molar-refractivity contribution in [1.82, 2.24) is 10.2 Å². The van der Waals surface area contributed by atoms with Gasteiger partial charge in [0.05, 0.1) is 6.61 Å². The number of nitrogens with one attached hydrogen (secondary N) is 1. The predicted octanol–water partition coefficient (Wildman–Crippen LogP) is 3.70. The minimum absolute atomic E-state index is 0.133. The molecule has 0 aliphatic carbocycles. The highest BCUT2D eigenvalue weighted by atomic mass is 35.5. The molecule has 5 heteroatoms. The summed E-state index contributed by atoms with van der Waals surface area (Å²) in [5.74, 6) is 0. The Balaban J connectivity index is 1.97. The number of amides is 2. The van der Waals surface area contributed by atoms with E-state index < -0.39 is 0 Å². The molecule has 0 aromatic heterocycles. The predicted molar refractivity (Wildman–Crippen MR) is 92.4 cm³/mol. The van der Waals surface area contributed by atoms with Crippen LogP contribution in [0.25, 0.3) is 0 Å². The van der Waals surface area contributed by atoms with E-state index in [2.05, 4.69) is 5.32 Å². The maximum absolute atomic E-state index is 12.5. The Bertz CT molecular complexity index is 619. The lowest BCUT2D eigenvalue weighted by Gasteiger charge is -2.23. The van der Waals surface area contributed by atoms with E-state index >= 15 is 0 Å². The number of methoxy groups -OCH3 is 1. The summed E-state index contributed by atoms with van der Waals surface area (Å²) in [5.41, 5.74) is 1.98. The highest BCUT2D eigenvalue weighted by molar-refractivity contribution is 6.31. The molecule has 0 aliphatic heterocycles. The third-order valence-corrected chi connectivity index (χ3v) is 3.83. The number of halogens is 1. The molecule has 1 N–H and O–H groups in total. The molecule has 0 saturated heterocycles. The number of hydrogen-bond acceptors (Lipinski definition) is 2. The van der Waals surface area contributed by atoms with E-state index in [1.807, 2.05) is 54.6 Å². The van der Waals surface area contributed by atoms with Crippen LogP contribution < -0.4 is 5.32 Å². The van der Waals surface area contributed by atoms with E-state index in [-0.39, 0.29) is 6.03 Å². The molecule has 0 spiro atoms. The number of urea groups is 1. The molecule has 0 aliphatic rings. The third kappa shape index (κ3) is 5.58. The van der Waals surface area contributed by atoms with Crippen LogP contribution in [0.15, 0.2) is 54.6 Å². The van der Waals surface area contributed by atoms with Crippen molar-refractivity contribution in [2.75, 3.05) is 20.3 Å². The summed E-state index contributed by atoms with van der Waals surface area (Å²) >= 11 is 6.12. The first-order valence-electron chi connectivity index (χ1n) is 7.49. The van der Waals surface area contributed by atoms with Gasteiger partial charge >= 0.3 is 6.03 Å². The van der Waals surface area contributed by atoms with Gasteiger partial charge in [-0.1, -0.05) is 60.1 Å². The van der Waals surface area contributed by atoms with Crippen molar-refractivity contribution in [2.24, 2.45) is 0 Å². The van der Waals surface area contributed by atoms with Crippen LogP contribution in [-0.2, 0) is 17.8 Å². The summed E-state index contributed by atoms with van der Waals surface area (Å²) in [6.45, 7) is 1.96. The van der Waals surface area contributed by atoms with E-state index in [0.29, 0.717) is 31.3 Å². The van der Waals surface area contributed by atoms with Crippen molar-refractivity contribution in [3.63, 3.8) is 0 Å². The van der Waals surface area contributed by atoms with Gasteiger partial charge in [-0.05, 0) is 17.2 Å². The highest BCUT2D eigenvalue weighted by Crippen LogP contribution is 2.14. The first-order valence-corrected chi connectivity index (χ1v) is 7.87. The second-order valence-electron chi connectivity index (χ2n) is 5.15. The summed E-state index contributed by atoms with van der Waals surface area (Å²) < 4.78 is 5.10. The van der Waals surface area contributed by atoms with Crippen molar-refractivity contribution < 1.29 is 9.53 Å². The average molecular weight is 333 g/mol. The Morgan fingerprint density at radius 1 is 1.13 bits per heavy atom. The summed E-state index contributed by atoms with van der Waals surface area (Å²) in [7, 11) is 1.63. The van der Waals surface area contributed by atoms with Gasteiger partial charge in [0.15, 0.2) is 0 Å². The SMILES string of the molecule is COCCN(Cc1ccccc1)C(=O)NCc1ccccc1Cl. The Kier molecular flexibility index (Phi) is 6.91. The number of carbonyl (C=O) groups is 1. The first kappa shape index (κ1) is 17.3. The average Bonchev–Trinajstić information content (AvgIpc) is 2.58. The lowest BCUT2D eigenvalue weighted by Crippen LogP contribution is -2.41. The number of rotatable bonds is 7. The molecule has 0 bridgehead atoms. The first-order chi connectivity index (χ1) is 11.2. The molecular weight excluding hydrogens is 312 g/mol. The van der Waals surface area contributed by atoms with Crippen LogP contribution in [0.3, 0.4) is 0 Å².